The van der Waals surface area contributed by atoms with Gasteiger partial charge in [0.1, 0.15) is 0 Å². The molecule has 1 unspecified atom stereocenters. The summed E-state index contributed by atoms with van der Waals surface area (Å²) in [4.78, 5) is 9.43. The van der Waals surface area contributed by atoms with Crippen molar-refractivity contribution in [2.45, 2.75) is 26.7 Å². The molecule has 2 rings (SSSR count). The van der Waals surface area contributed by atoms with Crippen molar-refractivity contribution in [1.29, 1.82) is 0 Å². The van der Waals surface area contributed by atoms with Crippen LogP contribution < -0.4 is 10.6 Å². The molecule has 130 valence electrons. The summed E-state index contributed by atoms with van der Waals surface area (Å²) in [6, 6.07) is 0. The van der Waals surface area contributed by atoms with Gasteiger partial charge in [-0.25, -0.2) is 0 Å². The van der Waals surface area contributed by atoms with Gasteiger partial charge in [-0.2, -0.15) is 0 Å². The lowest BCUT2D eigenvalue weighted by Gasteiger charge is -2.35. The Hall–Kier alpha value is -0.0800. The lowest BCUT2D eigenvalue weighted by Crippen LogP contribution is -2.48. The number of hydrogen-bond donors (Lipinski definition) is 2. The molecule has 1 aliphatic carbocycles. The highest BCUT2D eigenvalue weighted by Gasteiger charge is 2.21. The lowest BCUT2D eigenvalue weighted by atomic mass is 10.1. The summed E-state index contributed by atoms with van der Waals surface area (Å²) in [5.41, 5.74) is 0. The predicted molar refractivity (Wildman–Crippen MR) is 105 cm³/mol. The van der Waals surface area contributed by atoms with Crippen molar-refractivity contribution in [1.82, 2.24) is 20.4 Å². The number of piperazine rings is 1. The minimum atomic E-state index is 0. The van der Waals surface area contributed by atoms with Gasteiger partial charge in [0.15, 0.2) is 5.96 Å². The largest absolute Gasteiger partial charge is 0.356 e. The average molecular weight is 423 g/mol. The summed E-state index contributed by atoms with van der Waals surface area (Å²) < 4.78 is 0. The van der Waals surface area contributed by atoms with Crippen LogP contribution in [0, 0.1) is 11.8 Å². The summed E-state index contributed by atoms with van der Waals surface area (Å²) in [6.07, 6.45) is 2.76. The molecule has 5 nitrogen and oxygen atoms in total. The topological polar surface area (TPSA) is 42.9 Å². The third-order valence-electron chi connectivity index (χ3n) is 4.58. The first kappa shape index (κ1) is 20.0. The fourth-order valence-corrected chi connectivity index (χ4v) is 2.85. The summed E-state index contributed by atoms with van der Waals surface area (Å²) in [5, 5.41) is 6.89. The first-order chi connectivity index (χ1) is 10.2. The Balaban J connectivity index is 0.00000242. The quantitative estimate of drug-likeness (QED) is 0.370. The highest BCUT2D eigenvalue weighted by Crippen LogP contribution is 2.27. The van der Waals surface area contributed by atoms with E-state index in [1.54, 1.807) is 0 Å². The van der Waals surface area contributed by atoms with Crippen molar-refractivity contribution in [3.8, 4) is 0 Å². The molecular formula is C16H34IN5. The van der Waals surface area contributed by atoms with E-state index in [1.807, 2.05) is 7.05 Å². The molecule has 2 N–H and O–H groups in total. The standard InChI is InChI=1S/C16H33N5.HI/c1-4-20-7-9-21(10-8-20)13-14(2)11-18-16(17-3)19-12-15-5-6-15;/h14-15H,4-13H2,1-3H3,(H2,17,18,19);1H. The van der Waals surface area contributed by atoms with E-state index in [4.69, 9.17) is 0 Å². The molecule has 1 atom stereocenters. The Kier molecular flexibility index (Phi) is 9.66. The Morgan fingerprint density at radius 2 is 1.77 bits per heavy atom. The maximum atomic E-state index is 4.30. The van der Waals surface area contributed by atoms with E-state index in [0.717, 1.165) is 25.0 Å². The van der Waals surface area contributed by atoms with E-state index in [1.165, 1.54) is 52.1 Å². The zero-order chi connectivity index (χ0) is 15.1. The van der Waals surface area contributed by atoms with Crippen LogP contribution >= 0.6 is 24.0 Å². The zero-order valence-corrected chi connectivity index (χ0v) is 16.8. The number of rotatable bonds is 7. The van der Waals surface area contributed by atoms with Crippen LogP contribution in [-0.2, 0) is 0 Å². The van der Waals surface area contributed by atoms with E-state index in [0.29, 0.717) is 5.92 Å². The Morgan fingerprint density at radius 1 is 1.14 bits per heavy atom. The van der Waals surface area contributed by atoms with E-state index < -0.39 is 0 Å². The summed E-state index contributed by atoms with van der Waals surface area (Å²) in [7, 11) is 1.86. The number of halogens is 1. The van der Waals surface area contributed by atoms with Gasteiger partial charge in [-0.05, 0) is 31.2 Å². The molecular weight excluding hydrogens is 389 g/mol. The molecule has 6 heteroatoms. The van der Waals surface area contributed by atoms with Gasteiger partial charge >= 0.3 is 0 Å². The number of aliphatic imine (C=N–C) groups is 1. The van der Waals surface area contributed by atoms with E-state index in [-0.39, 0.29) is 24.0 Å². The molecule has 0 radical (unpaired) electrons. The van der Waals surface area contributed by atoms with Gasteiger partial charge in [-0.15, -0.1) is 24.0 Å². The molecule has 1 heterocycles. The molecule has 0 amide bonds. The molecule has 1 saturated heterocycles. The normalized spacial score (nSPS) is 22.0. The minimum absolute atomic E-state index is 0. The van der Waals surface area contributed by atoms with Gasteiger partial charge in [0.05, 0.1) is 0 Å². The van der Waals surface area contributed by atoms with Crippen LogP contribution in [0.3, 0.4) is 0 Å². The van der Waals surface area contributed by atoms with Gasteiger partial charge in [-0.1, -0.05) is 13.8 Å². The third kappa shape index (κ3) is 7.46. The van der Waals surface area contributed by atoms with Crippen LogP contribution in [0.25, 0.3) is 0 Å². The Bertz CT molecular complexity index is 324. The summed E-state index contributed by atoms with van der Waals surface area (Å²) in [6.45, 7) is 13.9. The molecule has 2 fully saturated rings. The average Bonchev–Trinajstić information content (AvgIpc) is 3.32. The van der Waals surface area contributed by atoms with Crippen LogP contribution in [0.4, 0.5) is 0 Å². The van der Waals surface area contributed by atoms with Gasteiger partial charge in [0.2, 0.25) is 0 Å². The first-order valence-corrected chi connectivity index (χ1v) is 8.60. The molecule has 1 aliphatic heterocycles. The van der Waals surface area contributed by atoms with Gasteiger partial charge in [0, 0.05) is 52.9 Å². The minimum Gasteiger partial charge on any atom is -0.356 e. The molecule has 1 saturated carbocycles. The maximum Gasteiger partial charge on any atom is 0.190 e. The number of nitrogens with zero attached hydrogens (tertiary/aromatic N) is 3. The van der Waals surface area contributed by atoms with Crippen LogP contribution in [0.1, 0.15) is 26.7 Å². The van der Waals surface area contributed by atoms with Crippen molar-refractivity contribution < 1.29 is 0 Å². The molecule has 0 bridgehead atoms. The summed E-state index contributed by atoms with van der Waals surface area (Å²) >= 11 is 0. The van der Waals surface area contributed by atoms with Crippen LogP contribution in [-0.4, -0.2) is 75.2 Å². The molecule has 0 aromatic rings. The molecule has 0 spiro atoms. The van der Waals surface area contributed by atoms with E-state index in [2.05, 4.69) is 39.3 Å². The zero-order valence-electron chi connectivity index (χ0n) is 14.5. The lowest BCUT2D eigenvalue weighted by molar-refractivity contribution is 0.124. The number of guanidine groups is 1. The van der Waals surface area contributed by atoms with Gasteiger partial charge in [-0.3, -0.25) is 4.99 Å². The highest BCUT2D eigenvalue weighted by molar-refractivity contribution is 14.0. The second-order valence-electron chi connectivity index (χ2n) is 6.62. The van der Waals surface area contributed by atoms with E-state index >= 15 is 0 Å². The van der Waals surface area contributed by atoms with Crippen LogP contribution in [0.5, 0.6) is 0 Å². The molecule has 22 heavy (non-hydrogen) atoms. The SMILES string of the molecule is CCN1CCN(CC(C)CNC(=NC)NCC2CC2)CC1.I. The Labute approximate surface area is 153 Å². The van der Waals surface area contributed by atoms with Crippen molar-refractivity contribution in [2.75, 3.05) is 59.4 Å². The van der Waals surface area contributed by atoms with Crippen molar-refractivity contribution in [3.63, 3.8) is 0 Å². The number of likely N-dealkylation sites (N-methyl/N-ethyl adjacent to an activating group) is 1. The number of hydrogen-bond acceptors (Lipinski definition) is 3. The highest BCUT2D eigenvalue weighted by atomic mass is 127. The monoisotopic (exact) mass is 423 g/mol. The molecule has 0 aromatic carbocycles. The third-order valence-corrected chi connectivity index (χ3v) is 4.58. The fourth-order valence-electron chi connectivity index (χ4n) is 2.85. The molecule has 0 aromatic heterocycles. The van der Waals surface area contributed by atoms with E-state index in [9.17, 15) is 0 Å². The van der Waals surface area contributed by atoms with Crippen molar-refractivity contribution >= 4 is 29.9 Å². The van der Waals surface area contributed by atoms with Crippen molar-refractivity contribution in [3.05, 3.63) is 0 Å². The predicted octanol–water partition coefficient (Wildman–Crippen LogP) is 1.45. The second kappa shape index (κ2) is 10.6. The summed E-state index contributed by atoms with van der Waals surface area (Å²) in [5.74, 6) is 2.50. The first-order valence-electron chi connectivity index (χ1n) is 8.60. The Morgan fingerprint density at radius 3 is 2.32 bits per heavy atom. The van der Waals surface area contributed by atoms with Crippen molar-refractivity contribution in [2.24, 2.45) is 16.8 Å². The molecule has 2 aliphatic rings. The van der Waals surface area contributed by atoms with Gasteiger partial charge < -0.3 is 20.4 Å². The maximum absolute atomic E-state index is 4.30. The number of nitrogens with one attached hydrogen (secondary N) is 2. The van der Waals surface area contributed by atoms with Gasteiger partial charge in [0.25, 0.3) is 0 Å². The van der Waals surface area contributed by atoms with Crippen LogP contribution in [0.2, 0.25) is 0 Å². The second-order valence-corrected chi connectivity index (χ2v) is 6.62. The fraction of sp³-hybridized carbons (Fsp3) is 0.938. The smallest absolute Gasteiger partial charge is 0.190 e. The van der Waals surface area contributed by atoms with Crippen LogP contribution in [0.15, 0.2) is 4.99 Å².